The lowest BCUT2D eigenvalue weighted by atomic mass is 10.3. The van der Waals surface area contributed by atoms with E-state index in [2.05, 4.69) is 10.6 Å². The van der Waals surface area contributed by atoms with Gasteiger partial charge in [0.05, 0.1) is 19.7 Å². The van der Waals surface area contributed by atoms with Gasteiger partial charge in [0.15, 0.2) is 0 Å². The monoisotopic (exact) mass is 302 g/mol. The predicted molar refractivity (Wildman–Crippen MR) is 73.9 cm³/mol. The normalized spacial score (nSPS) is 16.4. The van der Waals surface area contributed by atoms with Gasteiger partial charge in [0.2, 0.25) is 5.91 Å². The molecule has 1 aliphatic heterocycles. The minimum absolute atomic E-state index is 0.0158. The summed E-state index contributed by atoms with van der Waals surface area (Å²) in [5, 5.41) is 13.4. The van der Waals surface area contributed by atoms with Gasteiger partial charge in [-0.2, -0.15) is 0 Å². The van der Waals surface area contributed by atoms with E-state index in [0.717, 1.165) is 0 Å². The van der Waals surface area contributed by atoms with Crippen molar-refractivity contribution in [3.63, 3.8) is 0 Å². The Hall–Kier alpha value is -1.71. The van der Waals surface area contributed by atoms with E-state index in [-0.39, 0.29) is 19.0 Å². The second-order valence-corrected chi connectivity index (χ2v) is 4.74. The Balaban J connectivity index is 2.18. The SMILES string of the molecule is COCCNC(=O)NC(=O)CN1CCN(CC(=O)O)CC1. The molecule has 1 aliphatic rings. The van der Waals surface area contributed by atoms with E-state index in [4.69, 9.17) is 9.84 Å². The second kappa shape index (κ2) is 9.27. The number of amides is 3. The van der Waals surface area contributed by atoms with Crippen LogP contribution in [0.1, 0.15) is 0 Å². The Kier molecular flexibility index (Phi) is 7.65. The fourth-order valence-electron chi connectivity index (χ4n) is 1.98. The van der Waals surface area contributed by atoms with Crippen LogP contribution in [0, 0.1) is 0 Å². The Morgan fingerprint density at radius 2 is 1.67 bits per heavy atom. The first-order valence-corrected chi connectivity index (χ1v) is 6.74. The molecule has 0 radical (unpaired) electrons. The summed E-state index contributed by atoms with van der Waals surface area (Å²) in [5.74, 6) is -1.23. The molecule has 3 N–H and O–H groups in total. The maximum absolute atomic E-state index is 11.7. The molecule has 9 nitrogen and oxygen atoms in total. The third-order valence-corrected chi connectivity index (χ3v) is 3.04. The largest absolute Gasteiger partial charge is 0.480 e. The lowest BCUT2D eigenvalue weighted by molar-refractivity contribution is -0.139. The number of nitrogens with one attached hydrogen (secondary N) is 2. The third kappa shape index (κ3) is 7.59. The summed E-state index contributed by atoms with van der Waals surface area (Å²) >= 11 is 0. The molecule has 1 heterocycles. The van der Waals surface area contributed by atoms with Crippen LogP contribution >= 0.6 is 0 Å². The fraction of sp³-hybridized carbons (Fsp3) is 0.750. The van der Waals surface area contributed by atoms with Crippen molar-refractivity contribution in [2.45, 2.75) is 0 Å². The van der Waals surface area contributed by atoms with Crippen LogP contribution < -0.4 is 10.6 Å². The average Bonchev–Trinajstić information content (AvgIpc) is 2.40. The number of hydrogen-bond donors (Lipinski definition) is 3. The number of imide groups is 1. The minimum atomic E-state index is -0.853. The van der Waals surface area contributed by atoms with Gasteiger partial charge in [-0.1, -0.05) is 0 Å². The van der Waals surface area contributed by atoms with Crippen LogP contribution in [-0.2, 0) is 14.3 Å². The lowest BCUT2D eigenvalue weighted by Crippen LogP contribution is -2.51. The highest BCUT2D eigenvalue weighted by Crippen LogP contribution is 2.00. The smallest absolute Gasteiger partial charge is 0.321 e. The van der Waals surface area contributed by atoms with Crippen LogP contribution in [0.2, 0.25) is 0 Å². The van der Waals surface area contributed by atoms with Gasteiger partial charge in [-0.05, 0) is 0 Å². The molecule has 0 saturated carbocycles. The van der Waals surface area contributed by atoms with Crippen molar-refractivity contribution in [3.05, 3.63) is 0 Å². The maximum atomic E-state index is 11.7. The number of piperazine rings is 1. The molecule has 1 rings (SSSR count). The average molecular weight is 302 g/mol. The zero-order chi connectivity index (χ0) is 15.7. The van der Waals surface area contributed by atoms with Gasteiger partial charge in [-0.25, -0.2) is 4.79 Å². The highest BCUT2D eigenvalue weighted by molar-refractivity contribution is 5.95. The Bertz CT molecular complexity index is 369. The number of urea groups is 1. The molecule has 21 heavy (non-hydrogen) atoms. The summed E-state index contributed by atoms with van der Waals surface area (Å²) in [7, 11) is 1.52. The number of rotatable bonds is 7. The summed E-state index contributed by atoms with van der Waals surface area (Å²) in [6.45, 7) is 3.26. The maximum Gasteiger partial charge on any atom is 0.321 e. The summed E-state index contributed by atoms with van der Waals surface area (Å²) in [6.07, 6.45) is 0. The molecule has 3 amide bonds. The molecule has 0 atom stereocenters. The van der Waals surface area contributed by atoms with E-state index in [1.165, 1.54) is 7.11 Å². The molecular formula is C12H22N4O5. The molecule has 0 bridgehead atoms. The molecular weight excluding hydrogens is 280 g/mol. The second-order valence-electron chi connectivity index (χ2n) is 4.74. The number of aliphatic carboxylic acids is 1. The van der Waals surface area contributed by atoms with Crippen molar-refractivity contribution in [1.82, 2.24) is 20.4 Å². The topological polar surface area (TPSA) is 111 Å². The Morgan fingerprint density at radius 3 is 2.19 bits per heavy atom. The lowest BCUT2D eigenvalue weighted by Gasteiger charge is -2.33. The third-order valence-electron chi connectivity index (χ3n) is 3.04. The number of ether oxygens (including phenoxy) is 1. The minimum Gasteiger partial charge on any atom is -0.480 e. The highest BCUT2D eigenvalue weighted by atomic mass is 16.5. The van der Waals surface area contributed by atoms with Crippen molar-refractivity contribution in [2.75, 3.05) is 59.5 Å². The van der Waals surface area contributed by atoms with Crippen LogP contribution in [0.25, 0.3) is 0 Å². The zero-order valence-corrected chi connectivity index (χ0v) is 12.1. The molecule has 0 aromatic heterocycles. The number of carboxylic acids is 1. The Morgan fingerprint density at radius 1 is 1.10 bits per heavy atom. The number of carboxylic acid groups (broad SMARTS) is 1. The molecule has 120 valence electrons. The fourth-order valence-corrected chi connectivity index (χ4v) is 1.98. The first-order valence-electron chi connectivity index (χ1n) is 6.74. The van der Waals surface area contributed by atoms with Gasteiger partial charge < -0.3 is 15.2 Å². The number of hydrogen-bond acceptors (Lipinski definition) is 6. The summed E-state index contributed by atoms with van der Waals surface area (Å²) < 4.78 is 4.77. The van der Waals surface area contributed by atoms with Crippen LogP contribution in [0.4, 0.5) is 4.79 Å². The predicted octanol–water partition coefficient (Wildman–Crippen LogP) is -1.84. The molecule has 0 spiro atoms. The number of carbonyl (C=O) groups excluding carboxylic acids is 2. The van der Waals surface area contributed by atoms with Gasteiger partial charge in [-0.3, -0.25) is 24.7 Å². The van der Waals surface area contributed by atoms with Crippen molar-refractivity contribution < 1.29 is 24.2 Å². The molecule has 1 fully saturated rings. The van der Waals surface area contributed by atoms with E-state index in [9.17, 15) is 14.4 Å². The summed E-state index contributed by atoms with van der Waals surface area (Å²) in [5.41, 5.74) is 0. The van der Waals surface area contributed by atoms with Gasteiger partial charge in [0, 0.05) is 39.8 Å². The number of carbonyl (C=O) groups is 3. The molecule has 0 aromatic carbocycles. The molecule has 1 saturated heterocycles. The van der Waals surface area contributed by atoms with Gasteiger partial charge >= 0.3 is 12.0 Å². The number of methoxy groups -OCH3 is 1. The van der Waals surface area contributed by atoms with E-state index < -0.39 is 12.0 Å². The summed E-state index contributed by atoms with van der Waals surface area (Å²) in [6, 6.07) is -0.540. The van der Waals surface area contributed by atoms with E-state index in [0.29, 0.717) is 39.3 Å². The van der Waals surface area contributed by atoms with Gasteiger partial charge in [-0.15, -0.1) is 0 Å². The van der Waals surface area contributed by atoms with E-state index >= 15 is 0 Å². The van der Waals surface area contributed by atoms with Gasteiger partial charge in [0.25, 0.3) is 0 Å². The van der Waals surface area contributed by atoms with E-state index in [1.54, 1.807) is 0 Å². The van der Waals surface area contributed by atoms with Crippen molar-refractivity contribution >= 4 is 17.9 Å². The standard InChI is InChI=1S/C12H22N4O5/c1-21-7-2-13-12(20)14-10(17)8-15-3-5-16(6-4-15)9-11(18)19/h2-9H2,1H3,(H,18,19)(H2,13,14,17,20). The van der Waals surface area contributed by atoms with Crippen molar-refractivity contribution in [1.29, 1.82) is 0 Å². The van der Waals surface area contributed by atoms with Crippen LogP contribution in [0.15, 0.2) is 0 Å². The molecule has 0 aliphatic carbocycles. The van der Waals surface area contributed by atoms with Crippen LogP contribution in [0.5, 0.6) is 0 Å². The molecule has 9 heteroatoms. The van der Waals surface area contributed by atoms with Crippen LogP contribution in [-0.4, -0.2) is 92.3 Å². The van der Waals surface area contributed by atoms with E-state index in [1.807, 2.05) is 9.80 Å². The first kappa shape index (κ1) is 17.3. The zero-order valence-electron chi connectivity index (χ0n) is 12.1. The quantitative estimate of drug-likeness (QED) is 0.474. The number of nitrogens with zero attached hydrogens (tertiary/aromatic N) is 2. The molecule has 0 aromatic rings. The van der Waals surface area contributed by atoms with Crippen molar-refractivity contribution in [3.8, 4) is 0 Å². The van der Waals surface area contributed by atoms with Crippen LogP contribution in [0.3, 0.4) is 0 Å². The van der Waals surface area contributed by atoms with Crippen molar-refractivity contribution in [2.24, 2.45) is 0 Å². The van der Waals surface area contributed by atoms with Gasteiger partial charge in [0.1, 0.15) is 0 Å². The Labute approximate surface area is 123 Å². The molecule has 0 unspecified atom stereocenters. The highest BCUT2D eigenvalue weighted by Gasteiger charge is 2.20. The summed E-state index contributed by atoms with van der Waals surface area (Å²) in [4.78, 5) is 37.3. The first-order chi connectivity index (χ1) is 10.0.